The Morgan fingerprint density at radius 1 is 0.389 bits per heavy atom. The first-order valence-corrected chi connectivity index (χ1v) is 18.0. The maximum Gasteiger partial charge on any atom is 0.0998 e. The zero-order valence-corrected chi connectivity index (χ0v) is 29.1. The Labute approximate surface area is 312 Å². The van der Waals surface area contributed by atoms with E-state index in [2.05, 4.69) is 173 Å². The molecular weight excluding hydrogens is 657 g/mol. The van der Waals surface area contributed by atoms with Crippen LogP contribution in [0.25, 0.3) is 88.4 Å². The number of para-hydroxylation sites is 3. The van der Waals surface area contributed by atoms with Gasteiger partial charge in [0.05, 0.1) is 45.3 Å². The lowest BCUT2D eigenvalue weighted by Crippen LogP contribution is -2.00. The van der Waals surface area contributed by atoms with Crippen LogP contribution in [0, 0.1) is 22.7 Å². The molecule has 0 aliphatic carbocycles. The third-order valence-electron chi connectivity index (χ3n) is 10.6. The van der Waals surface area contributed by atoms with E-state index in [0.29, 0.717) is 11.1 Å². The summed E-state index contributed by atoms with van der Waals surface area (Å²) in [6, 6.07) is 67.9. The van der Waals surface area contributed by atoms with E-state index < -0.39 is 0 Å². The zero-order chi connectivity index (χ0) is 36.2. The summed E-state index contributed by atoms with van der Waals surface area (Å²) in [6.45, 7) is 0. The maximum atomic E-state index is 10.4. The van der Waals surface area contributed by atoms with E-state index >= 15 is 0 Å². The van der Waals surface area contributed by atoms with Crippen LogP contribution < -0.4 is 0 Å². The first-order chi connectivity index (χ1) is 26.7. The average molecular weight is 687 g/mol. The molecule has 0 atom stereocenters. The molecule has 250 valence electrons. The van der Waals surface area contributed by atoms with Crippen LogP contribution >= 0.6 is 0 Å². The van der Waals surface area contributed by atoms with E-state index in [0.717, 1.165) is 55.8 Å². The second-order valence-electron chi connectivity index (χ2n) is 13.5. The smallest absolute Gasteiger partial charge is 0.0998 e. The highest BCUT2D eigenvalue weighted by molar-refractivity contribution is 6.26. The fourth-order valence-corrected chi connectivity index (χ4v) is 8.29. The summed E-state index contributed by atoms with van der Waals surface area (Å²) in [5.41, 5.74) is 13.4. The van der Waals surface area contributed by atoms with Crippen molar-refractivity contribution in [2.75, 3.05) is 0 Å². The fraction of sp³-hybridized carbons (Fsp3) is 0. The minimum absolute atomic E-state index is 0.457. The molecule has 4 nitrogen and oxygen atoms in total. The molecule has 0 saturated carbocycles. The molecule has 2 heterocycles. The summed E-state index contributed by atoms with van der Waals surface area (Å²) in [5.74, 6) is 0. The molecule has 0 amide bonds. The molecule has 0 unspecified atom stereocenters. The van der Waals surface area contributed by atoms with Gasteiger partial charge in [-0.15, -0.1) is 0 Å². The van der Waals surface area contributed by atoms with Gasteiger partial charge in [-0.3, -0.25) is 0 Å². The van der Waals surface area contributed by atoms with Crippen LogP contribution in [0.5, 0.6) is 0 Å². The number of nitriles is 2. The van der Waals surface area contributed by atoms with Crippen molar-refractivity contribution in [3.63, 3.8) is 0 Å². The number of benzene rings is 8. The largest absolute Gasteiger partial charge is 0.309 e. The fourth-order valence-electron chi connectivity index (χ4n) is 8.29. The monoisotopic (exact) mass is 686 g/mol. The van der Waals surface area contributed by atoms with Crippen molar-refractivity contribution in [3.05, 3.63) is 193 Å². The van der Waals surface area contributed by atoms with Gasteiger partial charge in [-0.1, -0.05) is 127 Å². The number of hydrogen-bond donors (Lipinski definition) is 0. The van der Waals surface area contributed by atoms with Crippen molar-refractivity contribution in [2.45, 2.75) is 0 Å². The van der Waals surface area contributed by atoms with Crippen molar-refractivity contribution in [1.82, 2.24) is 9.13 Å². The van der Waals surface area contributed by atoms with Crippen molar-refractivity contribution in [1.29, 1.82) is 10.5 Å². The normalized spacial score (nSPS) is 11.3. The van der Waals surface area contributed by atoms with E-state index in [-0.39, 0.29) is 0 Å². The van der Waals surface area contributed by atoms with Crippen molar-refractivity contribution in [3.8, 4) is 56.9 Å². The molecule has 54 heavy (non-hydrogen) atoms. The van der Waals surface area contributed by atoms with Crippen molar-refractivity contribution >= 4 is 43.6 Å². The van der Waals surface area contributed by atoms with Gasteiger partial charge in [-0.2, -0.15) is 10.5 Å². The maximum absolute atomic E-state index is 10.4. The van der Waals surface area contributed by atoms with E-state index in [1.165, 1.54) is 32.6 Å². The van der Waals surface area contributed by atoms with Crippen LogP contribution in [0.3, 0.4) is 0 Å². The molecule has 0 spiro atoms. The van der Waals surface area contributed by atoms with E-state index in [1.54, 1.807) is 12.1 Å². The quantitative estimate of drug-likeness (QED) is 0.181. The summed E-state index contributed by atoms with van der Waals surface area (Å²) in [6.07, 6.45) is 0. The molecule has 10 rings (SSSR count). The summed E-state index contributed by atoms with van der Waals surface area (Å²) >= 11 is 0. The Hall–Kier alpha value is -7.66. The number of fused-ring (bicyclic) bond motifs is 7. The first-order valence-electron chi connectivity index (χ1n) is 18.0. The van der Waals surface area contributed by atoms with Gasteiger partial charge in [0.1, 0.15) is 0 Å². The van der Waals surface area contributed by atoms with Crippen LogP contribution in [0.1, 0.15) is 11.1 Å². The Morgan fingerprint density at radius 3 is 1.59 bits per heavy atom. The van der Waals surface area contributed by atoms with Crippen molar-refractivity contribution in [2.24, 2.45) is 0 Å². The molecule has 0 fully saturated rings. The lowest BCUT2D eigenvalue weighted by Gasteiger charge is -2.21. The molecule has 0 N–H and O–H groups in total. The van der Waals surface area contributed by atoms with Crippen LogP contribution in [0.2, 0.25) is 0 Å². The molecule has 0 aliphatic heterocycles. The SMILES string of the molecule is N#Cc1ccc(-c2c(-c3ccccc3)cc(-n3c4ccccc4c4c3ccc3c5ccccc5n(-c5ccccc5)c34)cc2-c2ccccc2)c(C#N)c1. The Morgan fingerprint density at radius 2 is 0.963 bits per heavy atom. The molecule has 10 aromatic rings. The topological polar surface area (TPSA) is 57.4 Å². The van der Waals surface area contributed by atoms with Gasteiger partial charge < -0.3 is 9.13 Å². The van der Waals surface area contributed by atoms with Gasteiger partial charge in [-0.25, -0.2) is 0 Å². The Balaban J connectivity index is 1.37. The summed E-state index contributed by atoms with van der Waals surface area (Å²) in [7, 11) is 0. The third-order valence-corrected chi connectivity index (χ3v) is 10.6. The Kier molecular flexibility index (Phi) is 7.22. The molecule has 0 radical (unpaired) electrons. The Bertz CT molecular complexity index is 3100. The summed E-state index contributed by atoms with van der Waals surface area (Å²) < 4.78 is 4.80. The molecule has 0 aliphatic rings. The molecule has 0 saturated heterocycles. The van der Waals surface area contributed by atoms with Crippen LogP contribution in [0.4, 0.5) is 0 Å². The second kappa shape index (κ2) is 12.5. The number of nitrogens with zero attached hydrogens (tertiary/aromatic N) is 4. The van der Waals surface area contributed by atoms with Gasteiger partial charge in [0.25, 0.3) is 0 Å². The van der Waals surface area contributed by atoms with E-state index in [9.17, 15) is 10.5 Å². The van der Waals surface area contributed by atoms with Gasteiger partial charge in [0.15, 0.2) is 0 Å². The van der Waals surface area contributed by atoms with Crippen molar-refractivity contribution < 1.29 is 0 Å². The lowest BCUT2D eigenvalue weighted by atomic mass is 9.85. The van der Waals surface area contributed by atoms with Gasteiger partial charge >= 0.3 is 0 Å². The zero-order valence-electron chi connectivity index (χ0n) is 29.1. The number of rotatable bonds is 5. The highest BCUT2D eigenvalue weighted by atomic mass is 15.0. The second-order valence-corrected chi connectivity index (χ2v) is 13.5. The minimum atomic E-state index is 0.457. The molecule has 8 aromatic carbocycles. The van der Waals surface area contributed by atoms with Crippen LogP contribution in [0.15, 0.2) is 182 Å². The predicted octanol–water partition coefficient (Wildman–Crippen LogP) is 12.6. The van der Waals surface area contributed by atoms with E-state index in [4.69, 9.17) is 0 Å². The highest BCUT2D eigenvalue weighted by Crippen LogP contribution is 2.46. The average Bonchev–Trinajstić information content (AvgIpc) is 3.77. The molecule has 2 aromatic heterocycles. The minimum Gasteiger partial charge on any atom is -0.309 e. The molecular formula is C50H30N4. The van der Waals surface area contributed by atoms with Crippen LogP contribution in [-0.2, 0) is 0 Å². The lowest BCUT2D eigenvalue weighted by molar-refractivity contribution is 1.17. The molecule has 4 heteroatoms. The molecule has 0 bridgehead atoms. The van der Waals surface area contributed by atoms with Crippen LogP contribution in [-0.4, -0.2) is 9.13 Å². The van der Waals surface area contributed by atoms with Gasteiger partial charge in [-0.05, 0) is 82.4 Å². The summed E-state index contributed by atoms with van der Waals surface area (Å²) in [4.78, 5) is 0. The third kappa shape index (κ3) is 4.76. The number of aromatic nitrogens is 2. The standard InChI is InChI=1S/C50H30N4/c51-31-33-24-25-39(36(28-33)32-52)48-43(34-14-4-1-5-15-34)29-38(30-44(48)35-16-6-2-7-17-35)53-46-23-13-11-21-42(46)49-47(53)27-26-41-40-20-10-12-22-45(40)54(50(41)49)37-18-8-3-9-19-37/h1-30H. The van der Waals surface area contributed by atoms with Gasteiger partial charge in [0, 0.05) is 38.5 Å². The highest BCUT2D eigenvalue weighted by Gasteiger charge is 2.24. The summed E-state index contributed by atoms with van der Waals surface area (Å²) in [5, 5.41) is 24.9. The number of hydrogen-bond acceptors (Lipinski definition) is 2. The predicted molar refractivity (Wildman–Crippen MR) is 221 cm³/mol. The first kappa shape index (κ1) is 31.1. The van der Waals surface area contributed by atoms with E-state index in [1.807, 2.05) is 18.2 Å². The van der Waals surface area contributed by atoms with Gasteiger partial charge in [0.2, 0.25) is 0 Å².